The molecule has 0 N–H and O–H groups in total. The molecule has 7 nitrogen and oxygen atoms in total. The zero-order valence-corrected chi connectivity index (χ0v) is 15.9. The van der Waals surface area contributed by atoms with E-state index in [1.165, 1.54) is 0 Å². The standard InChI is InChI=1S/C19H27N5O2/c1-13-12-17(24-18(20-13)14(2)15(3)21-24)22-6-4-16(5-7-22)19(25)23-8-10-26-11-9-23/h12,16H,4-11H2,1-3H3. The fourth-order valence-electron chi connectivity index (χ4n) is 3.95. The molecule has 26 heavy (non-hydrogen) atoms. The molecule has 0 aliphatic carbocycles. The lowest BCUT2D eigenvalue weighted by atomic mass is 9.95. The molecule has 7 heteroatoms. The van der Waals surface area contributed by atoms with E-state index >= 15 is 0 Å². The van der Waals surface area contributed by atoms with Gasteiger partial charge in [0.1, 0.15) is 5.82 Å². The Kier molecular flexibility index (Phi) is 4.56. The normalized spacial score (nSPS) is 19.3. The number of aryl methyl sites for hydroxylation is 3. The third-order valence-electron chi connectivity index (χ3n) is 5.66. The minimum Gasteiger partial charge on any atom is -0.378 e. The van der Waals surface area contributed by atoms with E-state index in [4.69, 9.17) is 4.74 Å². The van der Waals surface area contributed by atoms with Gasteiger partial charge in [0, 0.05) is 49.4 Å². The number of carbonyl (C=O) groups excluding carboxylic acids is 1. The number of rotatable bonds is 2. The number of anilines is 1. The Labute approximate surface area is 153 Å². The van der Waals surface area contributed by atoms with Crippen LogP contribution in [0.25, 0.3) is 5.65 Å². The van der Waals surface area contributed by atoms with Crippen LogP contribution in [-0.4, -0.2) is 64.8 Å². The van der Waals surface area contributed by atoms with Crippen LogP contribution in [0.1, 0.15) is 29.8 Å². The van der Waals surface area contributed by atoms with Crippen molar-refractivity contribution in [3.05, 3.63) is 23.0 Å². The molecule has 0 unspecified atom stereocenters. The molecular formula is C19H27N5O2. The van der Waals surface area contributed by atoms with E-state index in [9.17, 15) is 4.79 Å². The van der Waals surface area contributed by atoms with Crippen LogP contribution in [-0.2, 0) is 9.53 Å². The van der Waals surface area contributed by atoms with Crippen molar-refractivity contribution in [3.63, 3.8) is 0 Å². The number of morpholine rings is 1. The van der Waals surface area contributed by atoms with Crippen molar-refractivity contribution in [2.24, 2.45) is 5.92 Å². The molecule has 2 aromatic heterocycles. The number of ether oxygens (including phenoxy) is 1. The molecule has 0 atom stereocenters. The molecule has 2 aliphatic heterocycles. The van der Waals surface area contributed by atoms with Gasteiger partial charge in [0.05, 0.1) is 18.9 Å². The van der Waals surface area contributed by atoms with Crippen LogP contribution in [0.2, 0.25) is 0 Å². The minimum atomic E-state index is 0.129. The van der Waals surface area contributed by atoms with Crippen molar-refractivity contribution in [1.82, 2.24) is 19.5 Å². The molecular weight excluding hydrogens is 330 g/mol. The summed E-state index contributed by atoms with van der Waals surface area (Å²) in [5.74, 6) is 1.51. The van der Waals surface area contributed by atoms with E-state index in [-0.39, 0.29) is 5.92 Å². The molecule has 0 aromatic carbocycles. The first-order chi connectivity index (χ1) is 12.5. The highest BCUT2D eigenvalue weighted by atomic mass is 16.5. The molecule has 2 aliphatic rings. The van der Waals surface area contributed by atoms with Crippen molar-refractivity contribution in [2.45, 2.75) is 33.6 Å². The molecule has 2 fully saturated rings. The number of hydrogen-bond donors (Lipinski definition) is 0. The summed E-state index contributed by atoms with van der Waals surface area (Å²) in [5.41, 5.74) is 4.08. The average molecular weight is 357 g/mol. The summed E-state index contributed by atoms with van der Waals surface area (Å²) < 4.78 is 7.32. The number of amides is 1. The third kappa shape index (κ3) is 3.05. The van der Waals surface area contributed by atoms with Crippen LogP contribution in [0.3, 0.4) is 0 Å². The third-order valence-corrected chi connectivity index (χ3v) is 5.66. The summed E-state index contributed by atoms with van der Waals surface area (Å²) in [6, 6.07) is 2.10. The Morgan fingerprint density at radius 1 is 1.12 bits per heavy atom. The Balaban J connectivity index is 1.50. The van der Waals surface area contributed by atoms with Crippen LogP contribution in [0, 0.1) is 26.7 Å². The SMILES string of the molecule is Cc1cc(N2CCC(C(=O)N3CCOCC3)CC2)n2nc(C)c(C)c2n1. The maximum atomic E-state index is 12.7. The van der Waals surface area contributed by atoms with E-state index in [1.54, 1.807) is 0 Å². The number of piperidine rings is 1. The predicted molar refractivity (Wildman–Crippen MR) is 99.5 cm³/mol. The molecule has 4 heterocycles. The van der Waals surface area contributed by atoms with E-state index in [0.29, 0.717) is 19.1 Å². The Bertz CT molecular complexity index is 817. The van der Waals surface area contributed by atoms with Gasteiger partial charge < -0.3 is 14.5 Å². The lowest BCUT2D eigenvalue weighted by Gasteiger charge is -2.36. The van der Waals surface area contributed by atoms with Gasteiger partial charge in [-0.15, -0.1) is 0 Å². The highest BCUT2D eigenvalue weighted by molar-refractivity contribution is 5.79. The Morgan fingerprint density at radius 3 is 2.50 bits per heavy atom. The quantitative estimate of drug-likeness (QED) is 0.819. The second kappa shape index (κ2) is 6.87. The maximum Gasteiger partial charge on any atom is 0.225 e. The largest absolute Gasteiger partial charge is 0.378 e. The molecule has 140 valence electrons. The van der Waals surface area contributed by atoms with Crippen LogP contribution < -0.4 is 4.90 Å². The van der Waals surface area contributed by atoms with Crippen LogP contribution in [0.15, 0.2) is 6.07 Å². The molecule has 0 spiro atoms. The van der Waals surface area contributed by atoms with E-state index in [1.807, 2.05) is 23.3 Å². The summed E-state index contributed by atoms with van der Waals surface area (Å²) >= 11 is 0. The first-order valence-electron chi connectivity index (χ1n) is 9.49. The topological polar surface area (TPSA) is 63.0 Å². The predicted octanol–water partition coefficient (Wildman–Crippen LogP) is 1.73. The highest BCUT2D eigenvalue weighted by Gasteiger charge is 2.30. The first-order valence-corrected chi connectivity index (χ1v) is 9.49. The van der Waals surface area contributed by atoms with Crippen molar-refractivity contribution in [3.8, 4) is 0 Å². The van der Waals surface area contributed by atoms with Crippen LogP contribution in [0.4, 0.5) is 5.82 Å². The zero-order valence-electron chi connectivity index (χ0n) is 15.9. The highest BCUT2D eigenvalue weighted by Crippen LogP contribution is 2.27. The van der Waals surface area contributed by atoms with E-state index in [2.05, 4.69) is 28.0 Å². The monoisotopic (exact) mass is 357 g/mol. The molecule has 2 aromatic rings. The molecule has 4 rings (SSSR count). The lowest BCUT2D eigenvalue weighted by Crippen LogP contribution is -2.47. The Hall–Kier alpha value is -2.15. The van der Waals surface area contributed by atoms with Gasteiger partial charge in [0.25, 0.3) is 0 Å². The van der Waals surface area contributed by atoms with Gasteiger partial charge >= 0.3 is 0 Å². The van der Waals surface area contributed by atoms with Gasteiger partial charge in [0.2, 0.25) is 5.91 Å². The van der Waals surface area contributed by atoms with Gasteiger partial charge in [-0.1, -0.05) is 0 Å². The number of hydrogen-bond acceptors (Lipinski definition) is 5. The molecule has 0 bridgehead atoms. The van der Waals surface area contributed by atoms with Crippen molar-refractivity contribution in [1.29, 1.82) is 0 Å². The number of fused-ring (bicyclic) bond motifs is 1. The van der Waals surface area contributed by atoms with Gasteiger partial charge in [-0.3, -0.25) is 4.79 Å². The fraction of sp³-hybridized carbons (Fsp3) is 0.632. The second-order valence-electron chi connectivity index (χ2n) is 7.40. The van der Waals surface area contributed by atoms with E-state index in [0.717, 1.165) is 67.4 Å². The molecule has 0 saturated carbocycles. The van der Waals surface area contributed by atoms with Crippen LogP contribution in [0.5, 0.6) is 0 Å². The average Bonchev–Trinajstić information content (AvgIpc) is 2.96. The number of carbonyl (C=O) groups is 1. The van der Waals surface area contributed by atoms with Crippen molar-refractivity contribution < 1.29 is 9.53 Å². The number of nitrogens with zero attached hydrogens (tertiary/aromatic N) is 5. The molecule has 0 radical (unpaired) electrons. The molecule has 1 amide bonds. The summed E-state index contributed by atoms with van der Waals surface area (Å²) in [6.07, 6.45) is 1.77. The minimum absolute atomic E-state index is 0.129. The van der Waals surface area contributed by atoms with E-state index < -0.39 is 0 Å². The first kappa shape index (κ1) is 17.3. The zero-order chi connectivity index (χ0) is 18.3. The smallest absolute Gasteiger partial charge is 0.225 e. The number of aromatic nitrogens is 3. The summed E-state index contributed by atoms with van der Waals surface area (Å²) in [5, 5.41) is 4.68. The van der Waals surface area contributed by atoms with Gasteiger partial charge in [-0.25, -0.2) is 4.98 Å². The second-order valence-corrected chi connectivity index (χ2v) is 7.40. The summed E-state index contributed by atoms with van der Waals surface area (Å²) in [7, 11) is 0. The summed E-state index contributed by atoms with van der Waals surface area (Å²) in [6.45, 7) is 10.7. The van der Waals surface area contributed by atoms with Crippen molar-refractivity contribution >= 4 is 17.4 Å². The van der Waals surface area contributed by atoms with Gasteiger partial charge in [0.15, 0.2) is 5.65 Å². The Morgan fingerprint density at radius 2 is 1.81 bits per heavy atom. The summed E-state index contributed by atoms with van der Waals surface area (Å²) in [4.78, 5) is 21.7. The lowest BCUT2D eigenvalue weighted by molar-refractivity contribution is -0.140. The fourth-order valence-corrected chi connectivity index (χ4v) is 3.95. The molecule has 2 saturated heterocycles. The van der Waals surface area contributed by atoms with Crippen LogP contribution >= 0.6 is 0 Å². The van der Waals surface area contributed by atoms with Crippen molar-refractivity contribution in [2.75, 3.05) is 44.3 Å². The maximum absolute atomic E-state index is 12.7. The van der Waals surface area contributed by atoms with Gasteiger partial charge in [-0.05, 0) is 33.6 Å². The van der Waals surface area contributed by atoms with Gasteiger partial charge in [-0.2, -0.15) is 9.61 Å².